The number of anilines is 1. The van der Waals surface area contributed by atoms with E-state index < -0.39 is 0 Å². The highest BCUT2D eigenvalue weighted by Crippen LogP contribution is 2.28. The number of hydrogen-bond acceptors (Lipinski definition) is 3. The number of pyridine rings is 1. The third-order valence-corrected chi connectivity index (χ3v) is 4.02. The molecule has 0 saturated carbocycles. The van der Waals surface area contributed by atoms with Gasteiger partial charge in [0.1, 0.15) is 0 Å². The molecule has 0 saturated heterocycles. The van der Waals surface area contributed by atoms with Gasteiger partial charge in [-0.3, -0.25) is 4.79 Å². The smallest absolute Gasteiger partial charge is 0.253 e. The number of para-hydroxylation sites is 1. The van der Waals surface area contributed by atoms with E-state index in [4.69, 9.17) is 5.73 Å². The summed E-state index contributed by atoms with van der Waals surface area (Å²) in [5.74, 6) is 0.0282. The number of carbonyl (C=O) groups excluding carboxylic acids is 1. The summed E-state index contributed by atoms with van der Waals surface area (Å²) in [5, 5.41) is 1.83. The van der Waals surface area contributed by atoms with E-state index in [1.54, 1.807) is 4.90 Å². The number of nitrogens with two attached hydrogens (primary N) is 1. The van der Waals surface area contributed by atoms with Gasteiger partial charge in [0.25, 0.3) is 5.91 Å². The molecule has 0 aliphatic rings. The van der Waals surface area contributed by atoms with Crippen molar-refractivity contribution >= 4 is 33.4 Å². The fourth-order valence-corrected chi connectivity index (χ4v) is 2.75. The summed E-state index contributed by atoms with van der Waals surface area (Å²) in [4.78, 5) is 18.9. The van der Waals surface area contributed by atoms with Gasteiger partial charge in [-0.1, -0.05) is 18.2 Å². The Balaban J connectivity index is 2.18. The zero-order valence-electron chi connectivity index (χ0n) is 12.8. The van der Waals surface area contributed by atoms with Crippen LogP contribution in [0.1, 0.15) is 24.2 Å². The molecule has 112 valence electrons. The molecule has 0 unspecified atom stereocenters. The van der Waals surface area contributed by atoms with Crippen molar-refractivity contribution in [3.05, 3.63) is 48.0 Å². The number of carbonyl (C=O) groups is 1. The molecule has 4 heteroatoms. The Kier molecular flexibility index (Phi) is 3.67. The van der Waals surface area contributed by atoms with Gasteiger partial charge in [0.2, 0.25) is 0 Å². The molecule has 22 heavy (non-hydrogen) atoms. The number of benzene rings is 2. The first-order valence-corrected chi connectivity index (χ1v) is 7.53. The van der Waals surface area contributed by atoms with Crippen molar-refractivity contribution in [2.45, 2.75) is 13.8 Å². The molecular weight excluding hydrogens is 274 g/mol. The van der Waals surface area contributed by atoms with Gasteiger partial charge in [0, 0.05) is 29.4 Å². The van der Waals surface area contributed by atoms with Crippen LogP contribution in [-0.4, -0.2) is 28.9 Å². The molecule has 2 N–H and O–H groups in total. The first kappa shape index (κ1) is 14.3. The molecule has 1 aromatic heterocycles. The molecule has 1 amide bonds. The van der Waals surface area contributed by atoms with Gasteiger partial charge in [0.15, 0.2) is 0 Å². The summed E-state index contributed by atoms with van der Waals surface area (Å²) < 4.78 is 0. The van der Waals surface area contributed by atoms with Crippen LogP contribution < -0.4 is 5.73 Å². The summed E-state index contributed by atoms with van der Waals surface area (Å²) in [6, 6.07) is 13.3. The van der Waals surface area contributed by atoms with E-state index in [0.29, 0.717) is 24.3 Å². The average molecular weight is 293 g/mol. The summed E-state index contributed by atoms with van der Waals surface area (Å²) >= 11 is 0. The Morgan fingerprint density at radius 3 is 2.45 bits per heavy atom. The fraction of sp³-hybridized carbons (Fsp3) is 0.222. The van der Waals surface area contributed by atoms with E-state index in [1.165, 1.54) is 0 Å². The van der Waals surface area contributed by atoms with E-state index in [-0.39, 0.29) is 5.91 Å². The lowest BCUT2D eigenvalue weighted by molar-refractivity contribution is 0.0773. The topological polar surface area (TPSA) is 59.2 Å². The minimum Gasteiger partial charge on any atom is -0.398 e. The lowest BCUT2D eigenvalue weighted by atomic mass is 10.1. The standard InChI is InChI=1S/C18H19N3O/c1-3-21(4-2)18(22)12-9-10-14-16(11-12)20-15-8-6-5-7-13(15)17(14)19/h5-11H,3-4H2,1-2H3,(H2,19,20). The summed E-state index contributed by atoms with van der Waals surface area (Å²) in [7, 11) is 0. The van der Waals surface area contributed by atoms with Crippen molar-refractivity contribution in [1.82, 2.24) is 9.88 Å². The van der Waals surface area contributed by atoms with Crippen LogP contribution >= 0.6 is 0 Å². The number of rotatable bonds is 3. The fourth-order valence-electron chi connectivity index (χ4n) is 2.75. The van der Waals surface area contributed by atoms with Crippen molar-refractivity contribution in [3.63, 3.8) is 0 Å². The van der Waals surface area contributed by atoms with E-state index in [1.807, 2.05) is 56.3 Å². The van der Waals surface area contributed by atoms with Crippen molar-refractivity contribution in [2.75, 3.05) is 18.8 Å². The minimum atomic E-state index is 0.0282. The number of amides is 1. The van der Waals surface area contributed by atoms with Gasteiger partial charge in [-0.2, -0.15) is 0 Å². The molecule has 0 aliphatic carbocycles. The number of hydrogen-bond donors (Lipinski definition) is 1. The summed E-state index contributed by atoms with van der Waals surface area (Å²) in [6.45, 7) is 5.35. The first-order valence-electron chi connectivity index (χ1n) is 7.53. The quantitative estimate of drug-likeness (QED) is 0.752. The minimum absolute atomic E-state index is 0.0282. The number of aromatic nitrogens is 1. The molecule has 0 atom stereocenters. The van der Waals surface area contributed by atoms with Crippen LogP contribution in [0.2, 0.25) is 0 Å². The predicted octanol–water partition coefficient (Wildman–Crippen LogP) is 3.45. The lowest BCUT2D eigenvalue weighted by Gasteiger charge is -2.18. The maximum Gasteiger partial charge on any atom is 0.253 e. The zero-order valence-corrected chi connectivity index (χ0v) is 12.8. The molecule has 0 spiro atoms. The largest absolute Gasteiger partial charge is 0.398 e. The van der Waals surface area contributed by atoms with E-state index in [0.717, 1.165) is 21.8 Å². The second-order valence-corrected chi connectivity index (χ2v) is 5.25. The molecule has 2 aromatic carbocycles. The highest BCUT2D eigenvalue weighted by molar-refractivity contribution is 6.08. The van der Waals surface area contributed by atoms with Gasteiger partial charge >= 0.3 is 0 Å². The first-order chi connectivity index (χ1) is 10.7. The van der Waals surface area contributed by atoms with Crippen molar-refractivity contribution < 1.29 is 4.79 Å². The lowest BCUT2D eigenvalue weighted by Crippen LogP contribution is -2.30. The van der Waals surface area contributed by atoms with Crippen LogP contribution in [0.4, 0.5) is 5.69 Å². The van der Waals surface area contributed by atoms with Gasteiger partial charge in [-0.05, 0) is 38.1 Å². The summed E-state index contributed by atoms with van der Waals surface area (Å²) in [5.41, 5.74) is 9.23. The van der Waals surface area contributed by atoms with Crippen LogP contribution in [0.5, 0.6) is 0 Å². The third kappa shape index (κ3) is 2.26. The van der Waals surface area contributed by atoms with Gasteiger partial charge in [-0.15, -0.1) is 0 Å². The maximum atomic E-state index is 12.5. The molecule has 3 rings (SSSR count). The molecular formula is C18H19N3O. The molecule has 3 aromatic rings. The van der Waals surface area contributed by atoms with Crippen molar-refractivity contribution in [2.24, 2.45) is 0 Å². The Hall–Kier alpha value is -2.62. The van der Waals surface area contributed by atoms with Gasteiger partial charge in [0.05, 0.1) is 16.7 Å². The van der Waals surface area contributed by atoms with E-state index in [9.17, 15) is 4.79 Å². The van der Waals surface area contributed by atoms with Crippen LogP contribution in [-0.2, 0) is 0 Å². The normalized spacial score (nSPS) is 11.0. The average Bonchev–Trinajstić information content (AvgIpc) is 2.55. The number of fused-ring (bicyclic) bond motifs is 2. The third-order valence-electron chi connectivity index (χ3n) is 4.02. The molecule has 1 heterocycles. The highest BCUT2D eigenvalue weighted by atomic mass is 16.2. The second kappa shape index (κ2) is 5.64. The molecule has 0 bridgehead atoms. The zero-order chi connectivity index (χ0) is 15.7. The SMILES string of the molecule is CCN(CC)C(=O)c1ccc2c(N)c3ccccc3nc2c1. The Bertz CT molecular complexity index is 853. The molecule has 0 aliphatic heterocycles. The Morgan fingerprint density at radius 2 is 1.73 bits per heavy atom. The predicted molar refractivity (Wildman–Crippen MR) is 90.9 cm³/mol. The Morgan fingerprint density at radius 1 is 1.05 bits per heavy atom. The van der Waals surface area contributed by atoms with Crippen LogP contribution in [0.3, 0.4) is 0 Å². The Labute approximate surface area is 129 Å². The molecule has 0 radical (unpaired) electrons. The van der Waals surface area contributed by atoms with Crippen molar-refractivity contribution in [1.29, 1.82) is 0 Å². The molecule has 4 nitrogen and oxygen atoms in total. The maximum absolute atomic E-state index is 12.5. The van der Waals surface area contributed by atoms with Gasteiger partial charge in [-0.25, -0.2) is 4.98 Å². The summed E-state index contributed by atoms with van der Waals surface area (Å²) in [6.07, 6.45) is 0. The number of nitrogens with zero attached hydrogens (tertiary/aromatic N) is 2. The van der Waals surface area contributed by atoms with E-state index in [2.05, 4.69) is 4.98 Å². The van der Waals surface area contributed by atoms with Crippen molar-refractivity contribution in [3.8, 4) is 0 Å². The number of nitrogen functional groups attached to an aromatic ring is 1. The second-order valence-electron chi connectivity index (χ2n) is 5.25. The van der Waals surface area contributed by atoms with E-state index >= 15 is 0 Å². The molecule has 0 fully saturated rings. The van der Waals surface area contributed by atoms with Crippen LogP contribution in [0.15, 0.2) is 42.5 Å². The van der Waals surface area contributed by atoms with Crippen LogP contribution in [0, 0.1) is 0 Å². The monoisotopic (exact) mass is 293 g/mol. The highest BCUT2D eigenvalue weighted by Gasteiger charge is 2.14. The van der Waals surface area contributed by atoms with Crippen LogP contribution in [0.25, 0.3) is 21.8 Å². The van der Waals surface area contributed by atoms with Gasteiger partial charge < -0.3 is 10.6 Å².